The Morgan fingerprint density at radius 3 is 1.86 bits per heavy atom. The number of carbonyl (C=O) groups excluding carboxylic acids is 2. The quantitative estimate of drug-likeness (QED) is 0.0375. The first-order valence-electron chi connectivity index (χ1n) is 16.4. The highest BCUT2D eigenvalue weighted by Crippen LogP contribution is 2.41. The highest BCUT2D eigenvalue weighted by atomic mass is 32.2. The number of thioether (sulfide) groups is 2. The summed E-state index contributed by atoms with van der Waals surface area (Å²) in [6.45, 7) is 10.6. The minimum Gasteiger partial charge on any atom is -0.462 e. The van der Waals surface area contributed by atoms with E-state index in [4.69, 9.17) is 31.2 Å². The van der Waals surface area contributed by atoms with Gasteiger partial charge in [-0.25, -0.2) is 0 Å². The van der Waals surface area contributed by atoms with E-state index in [2.05, 4.69) is 28.1 Å². The maximum atomic E-state index is 13.4. The Kier molecular flexibility index (Phi) is 24.6. The van der Waals surface area contributed by atoms with Gasteiger partial charge >= 0.3 is 11.9 Å². The van der Waals surface area contributed by atoms with Crippen molar-refractivity contribution in [2.24, 2.45) is 5.41 Å². The van der Waals surface area contributed by atoms with Crippen LogP contribution < -0.4 is 0 Å². The molecule has 2 unspecified atom stereocenters. The molecule has 7 nitrogen and oxygen atoms in total. The van der Waals surface area contributed by atoms with Gasteiger partial charge in [0.2, 0.25) is 0 Å². The van der Waals surface area contributed by atoms with E-state index >= 15 is 0 Å². The minimum atomic E-state index is -0.909. The first-order valence-corrected chi connectivity index (χ1v) is 18.6. The summed E-state index contributed by atoms with van der Waals surface area (Å²) in [5.74, 6) is 0.409. The van der Waals surface area contributed by atoms with E-state index in [0.29, 0.717) is 45.7 Å². The zero-order valence-electron chi connectivity index (χ0n) is 28.8. The molecular weight excluding hydrogens is 603 g/mol. The molecule has 0 saturated heterocycles. The maximum Gasteiger partial charge on any atom is 0.322 e. The number of rotatable bonds is 27. The molecule has 0 spiro atoms. The Labute approximate surface area is 278 Å². The minimum absolute atomic E-state index is 0.162. The first kappa shape index (κ1) is 42.6. The fourth-order valence-electron chi connectivity index (χ4n) is 4.27. The van der Waals surface area contributed by atoms with E-state index < -0.39 is 10.2 Å². The largest absolute Gasteiger partial charge is 0.462 e. The predicted octanol–water partition coefficient (Wildman–Crippen LogP) is 8.07. The molecule has 0 aromatic carbocycles. The van der Waals surface area contributed by atoms with E-state index in [1.165, 1.54) is 69.5 Å². The average Bonchev–Trinajstić information content (AvgIpc) is 2.95. The van der Waals surface area contributed by atoms with Crippen LogP contribution in [0.2, 0.25) is 0 Å². The van der Waals surface area contributed by atoms with Gasteiger partial charge in [0.25, 0.3) is 0 Å². The van der Waals surface area contributed by atoms with Gasteiger partial charge in [-0.3, -0.25) is 9.59 Å². The summed E-state index contributed by atoms with van der Waals surface area (Å²) in [7, 11) is 7.83. The van der Waals surface area contributed by atoms with Crippen LogP contribution in [0.15, 0.2) is 0 Å². The Morgan fingerprint density at radius 2 is 1.30 bits per heavy atom. The Morgan fingerprint density at radius 1 is 0.744 bits per heavy atom. The molecule has 0 N–H and O–H groups in total. The molecule has 0 aliphatic heterocycles. The van der Waals surface area contributed by atoms with Crippen molar-refractivity contribution in [3.8, 4) is 0 Å². The van der Waals surface area contributed by atoms with Crippen molar-refractivity contribution in [2.75, 3.05) is 73.6 Å². The number of methoxy groups -OCH3 is 1. The third-order valence-corrected chi connectivity index (χ3v) is 10.7. The molecule has 2 atom stereocenters. The second kappa shape index (κ2) is 24.8. The molecule has 0 amide bonds. The SMILES string of the molecule is CCCCCCCCCCCCSC(=S)SC(C)(CCC(C)(CC)C(=O)OCC[N+](C)(C)C)C(=O)OCCOCCOC. The monoisotopic (exact) mass is 666 g/mol. The molecule has 0 radical (unpaired) electrons. The third-order valence-electron chi connectivity index (χ3n) is 7.77. The van der Waals surface area contributed by atoms with E-state index in [1.54, 1.807) is 18.9 Å². The van der Waals surface area contributed by atoms with Gasteiger partial charge in [-0.15, -0.1) is 11.8 Å². The highest BCUT2D eigenvalue weighted by molar-refractivity contribution is 8.47. The topological polar surface area (TPSA) is 71.1 Å². The molecular formula is C33H64NO6S3+. The predicted molar refractivity (Wildman–Crippen MR) is 188 cm³/mol. The van der Waals surface area contributed by atoms with Gasteiger partial charge in [0, 0.05) is 7.11 Å². The molecule has 0 aliphatic rings. The fourth-order valence-corrected chi connectivity index (χ4v) is 7.34. The lowest BCUT2D eigenvalue weighted by molar-refractivity contribution is -0.870. The van der Waals surface area contributed by atoms with Crippen LogP contribution in [0.1, 0.15) is 111 Å². The van der Waals surface area contributed by atoms with Crippen LogP contribution in [-0.2, 0) is 28.5 Å². The molecule has 254 valence electrons. The molecule has 0 aliphatic carbocycles. The second-order valence-electron chi connectivity index (χ2n) is 12.9. The van der Waals surface area contributed by atoms with Gasteiger partial charge in [0.1, 0.15) is 28.0 Å². The van der Waals surface area contributed by atoms with Gasteiger partial charge in [0.05, 0.1) is 46.4 Å². The molecule has 0 fully saturated rings. The zero-order chi connectivity index (χ0) is 32.6. The lowest BCUT2D eigenvalue weighted by Gasteiger charge is -2.32. The Hall–Kier alpha value is -0.390. The van der Waals surface area contributed by atoms with Crippen LogP contribution in [0.4, 0.5) is 0 Å². The highest BCUT2D eigenvalue weighted by Gasteiger charge is 2.42. The zero-order valence-corrected chi connectivity index (χ0v) is 31.2. The lowest BCUT2D eigenvalue weighted by Crippen LogP contribution is -2.41. The first-order chi connectivity index (χ1) is 20.3. The summed E-state index contributed by atoms with van der Waals surface area (Å²) in [6.07, 6.45) is 14.6. The van der Waals surface area contributed by atoms with Crippen LogP contribution in [0.5, 0.6) is 0 Å². The normalized spacial score (nSPS) is 14.6. The number of likely N-dealkylation sites (N-methyl/N-ethyl adjacent to an activating group) is 1. The Bertz CT molecular complexity index is 763. The average molecular weight is 667 g/mol. The van der Waals surface area contributed by atoms with Crippen molar-refractivity contribution in [2.45, 2.75) is 116 Å². The number of carbonyl (C=O) groups is 2. The Balaban J connectivity index is 4.97. The maximum absolute atomic E-state index is 13.4. The number of unbranched alkanes of at least 4 members (excludes halogenated alkanes) is 9. The van der Waals surface area contributed by atoms with E-state index in [9.17, 15) is 9.59 Å². The van der Waals surface area contributed by atoms with Crippen LogP contribution >= 0.6 is 35.7 Å². The number of quaternary nitrogens is 1. The van der Waals surface area contributed by atoms with Crippen molar-refractivity contribution < 1.29 is 33.0 Å². The third kappa shape index (κ3) is 21.9. The smallest absolute Gasteiger partial charge is 0.322 e. The molecule has 0 heterocycles. The van der Waals surface area contributed by atoms with Crippen molar-refractivity contribution in [1.29, 1.82) is 0 Å². The van der Waals surface area contributed by atoms with Crippen LogP contribution in [0.3, 0.4) is 0 Å². The van der Waals surface area contributed by atoms with Crippen LogP contribution in [-0.4, -0.2) is 98.3 Å². The summed E-state index contributed by atoms with van der Waals surface area (Å²) in [5, 5.41) is 0. The fraction of sp³-hybridized carbons (Fsp3) is 0.909. The van der Waals surface area contributed by atoms with Crippen molar-refractivity contribution >= 4 is 51.2 Å². The number of thiocarbonyl (C=S) groups is 1. The van der Waals surface area contributed by atoms with Crippen LogP contribution in [0.25, 0.3) is 0 Å². The van der Waals surface area contributed by atoms with Gasteiger partial charge in [-0.05, 0) is 45.3 Å². The second-order valence-corrected chi connectivity index (χ2v) is 16.7. The summed E-state index contributed by atoms with van der Waals surface area (Å²) < 4.78 is 22.3. The lowest BCUT2D eigenvalue weighted by atomic mass is 9.80. The summed E-state index contributed by atoms with van der Waals surface area (Å²) in [5.41, 5.74) is -0.693. The molecule has 0 bridgehead atoms. The molecule has 0 rings (SSSR count). The number of nitrogens with zero attached hydrogens (tertiary/aromatic N) is 1. The van der Waals surface area contributed by atoms with E-state index in [0.717, 1.165) is 26.7 Å². The number of hydrogen-bond donors (Lipinski definition) is 0. The van der Waals surface area contributed by atoms with Crippen molar-refractivity contribution in [3.05, 3.63) is 0 Å². The van der Waals surface area contributed by atoms with Gasteiger partial charge < -0.3 is 23.4 Å². The van der Waals surface area contributed by atoms with E-state index in [1.807, 2.05) is 20.8 Å². The summed E-state index contributed by atoms with van der Waals surface area (Å²) >= 11 is 8.79. The number of ether oxygens (including phenoxy) is 4. The van der Waals surface area contributed by atoms with Crippen molar-refractivity contribution in [3.63, 3.8) is 0 Å². The standard InChI is InChI=1S/C33H64NO6S3/c1-9-11-12-13-14-15-16-17-18-19-28-42-31(41)43-33(4,30(36)40-27-26-38-25-24-37-8)21-20-32(3,10-2)29(35)39-23-22-34(5,6)7/h9-28H2,1-8H3/q+1. The van der Waals surface area contributed by atoms with E-state index in [-0.39, 0.29) is 18.5 Å². The van der Waals surface area contributed by atoms with Crippen molar-refractivity contribution in [1.82, 2.24) is 0 Å². The van der Waals surface area contributed by atoms with Gasteiger partial charge in [-0.1, -0.05) is 95.6 Å². The molecule has 0 aromatic rings. The molecule has 10 heteroatoms. The molecule has 0 saturated carbocycles. The summed E-state index contributed by atoms with van der Waals surface area (Å²) in [4.78, 5) is 26.5. The number of esters is 2. The summed E-state index contributed by atoms with van der Waals surface area (Å²) in [6, 6.07) is 0. The van der Waals surface area contributed by atoms with Gasteiger partial charge in [0.15, 0.2) is 0 Å². The molecule has 43 heavy (non-hydrogen) atoms. The number of hydrogen-bond acceptors (Lipinski definition) is 9. The molecule has 0 aromatic heterocycles. The van der Waals surface area contributed by atoms with Gasteiger partial charge in [-0.2, -0.15) is 0 Å². The van der Waals surface area contributed by atoms with Crippen LogP contribution in [0, 0.1) is 5.41 Å².